The molecule has 0 aliphatic heterocycles. The number of nitrogens with zero attached hydrogens (tertiary/aromatic N) is 3. The molecule has 0 aromatic carbocycles. The van der Waals surface area contributed by atoms with E-state index in [1.54, 1.807) is 0 Å². The summed E-state index contributed by atoms with van der Waals surface area (Å²) >= 11 is 1.25. The second-order valence-electron chi connectivity index (χ2n) is 2.66. The smallest absolute Gasteiger partial charge is 0.271 e. The fourth-order valence-electron chi connectivity index (χ4n) is 0.641. The lowest BCUT2D eigenvalue weighted by atomic mass is 10.2. The lowest BCUT2D eigenvalue weighted by Crippen LogP contribution is -2.15. The van der Waals surface area contributed by atoms with Crippen LogP contribution in [0, 0.1) is 0 Å². The molecule has 12 heavy (non-hydrogen) atoms. The molecule has 1 aromatic rings. The van der Waals surface area contributed by atoms with Gasteiger partial charge in [0, 0.05) is 5.92 Å². The lowest BCUT2D eigenvalue weighted by molar-refractivity contribution is 0.798. The second-order valence-corrected chi connectivity index (χ2v) is 3.41. The van der Waals surface area contributed by atoms with Crippen LogP contribution in [0.3, 0.4) is 0 Å². The average Bonchev–Trinajstić information content (AvgIpc) is 2.51. The molecular formula is C7H11N4S+. The predicted octanol–water partition coefficient (Wildman–Crippen LogP) is 0.135. The van der Waals surface area contributed by atoms with Crippen molar-refractivity contribution >= 4 is 24.1 Å². The molecule has 0 fully saturated rings. The fourth-order valence-corrected chi connectivity index (χ4v) is 1.37. The molecule has 1 rings (SSSR count). The van der Waals surface area contributed by atoms with E-state index in [0.29, 0.717) is 16.8 Å². The monoisotopic (exact) mass is 183 g/mol. The van der Waals surface area contributed by atoms with Crippen molar-refractivity contribution in [2.24, 2.45) is 5.73 Å². The van der Waals surface area contributed by atoms with Crippen molar-refractivity contribution in [3.05, 3.63) is 10.8 Å². The highest BCUT2D eigenvalue weighted by molar-refractivity contribution is 7.07. The van der Waals surface area contributed by atoms with E-state index in [4.69, 9.17) is 5.73 Å². The maximum atomic E-state index is 5.50. The lowest BCUT2D eigenvalue weighted by Gasteiger charge is -1.92. The molecule has 0 saturated heterocycles. The Morgan fingerprint density at radius 3 is 2.75 bits per heavy atom. The minimum absolute atomic E-state index is 0.326. The van der Waals surface area contributed by atoms with E-state index < -0.39 is 0 Å². The first kappa shape index (κ1) is 8.90. The Morgan fingerprint density at radius 1 is 1.67 bits per heavy atom. The summed E-state index contributed by atoms with van der Waals surface area (Å²) in [7, 11) is 0. The van der Waals surface area contributed by atoms with Crippen LogP contribution in [-0.2, 0) is 0 Å². The first-order valence-electron chi connectivity index (χ1n) is 3.58. The summed E-state index contributed by atoms with van der Waals surface area (Å²) in [6.45, 7) is 7.38. The number of nitrogens with two attached hydrogens (primary N) is 1. The molecular weight excluding hydrogens is 172 g/mol. The molecule has 2 N–H and O–H groups in total. The van der Waals surface area contributed by atoms with E-state index in [0.717, 1.165) is 5.82 Å². The van der Waals surface area contributed by atoms with E-state index >= 15 is 0 Å². The van der Waals surface area contributed by atoms with Crippen molar-refractivity contribution in [3.63, 3.8) is 0 Å². The van der Waals surface area contributed by atoms with Gasteiger partial charge in [-0.1, -0.05) is 13.8 Å². The molecule has 0 saturated carbocycles. The molecule has 64 valence electrons. The summed E-state index contributed by atoms with van der Waals surface area (Å²) in [4.78, 5) is 4.19. The van der Waals surface area contributed by atoms with Gasteiger partial charge in [0.05, 0.1) is 0 Å². The number of hydrogen-bond donors (Lipinski definition) is 1. The molecule has 0 aliphatic rings. The Hall–Kier alpha value is -1.19. The molecule has 0 atom stereocenters. The summed E-state index contributed by atoms with van der Waals surface area (Å²) in [5.41, 5.74) is 5.50. The van der Waals surface area contributed by atoms with Crippen molar-refractivity contribution in [2.75, 3.05) is 0 Å². The molecule has 1 heterocycles. The molecule has 0 aliphatic carbocycles. The Bertz CT molecular complexity index is 322. The third-order valence-corrected chi connectivity index (χ3v) is 2.10. The third-order valence-electron chi connectivity index (χ3n) is 1.35. The summed E-state index contributed by atoms with van der Waals surface area (Å²) in [5, 5.41) is 0.647. The van der Waals surface area contributed by atoms with Crippen molar-refractivity contribution < 1.29 is 0 Å². The van der Waals surface area contributed by atoms with Gasteiger partial charge in [-0.3, -0.25) is 5.73 Å². The first-order valence-corrected chi connectivity index (χ1v) is 4.35. The fraction of sp³-hybridized carbons (Fsp3) is 0.429. The Morgan fingerprint density at radius 2 is 2.33 bits per heavy atom. The van der Waals surface area contributed by atoms with Gasteiger partial charge in [-0.05, 0) is 11.5 Å². The highest BCUT2D eigenvalue weighted by Crippen LogP contribution is 2.12. The van der Waals surface area contributed by atoms with Crippen LogP contribution in [0.25, 0.3) is 0 Å². The van der Waals surface area contributed by atoms with E-state index in [1.165, 1.54) is 11.5 Å². The van der Waals surface area contributed by atoms with Crippen LogP contribution in [0.1, 0.15) is 30.6 Å². The highest BCUT2D eigenvalue weighted by atomic mass is 32.1. The van der Waals surface area contributed by atoms with Crippen LogP contribution >= 0.6 is 11.5 Å². The molecule has 4 nitrogen and oxygen atoms in total. The minimum atomic E-state index is 0.326. The Kier molecular flexibility index (Phi) is 2.58. The molecule has 0 unspecified atom stereocenters. The molecule has 0 spiro atoms. The molecule has 0 radical (unpaired) electrons. The Labute approximate surface area is 75.1 Å². The van der Waals surface area contributed by atoms with Crippen LogP contribution < -0.4 is 10.4 Å². The number of amidine groups is 1. The Balaban J connectivity index is 2.99. The summed E-state index contributed by atoms with van der Waals surface area (Å²) in [6.07, 6.45) is 0. The van der Waals surface area contributed by atoms with Crippen LogP contribution in [0.2, 0.25) is 0 Å². The first-order chi connectivity index (χ1) is 5.65. The van der Waals surface area contributed by atoms with Crippen LogP contribution in [0.4, 0.5) is 0 Å². The van der Waals surface area contributed by atoms with Crippen molar-refractivity contribution in [2.45, 2.75) is 19.8 Å². The average molecular weight is 183 g/mol. The predicted molar refractivity (Wildman–Crippen MR) is 51.5 cm³/mol. The zero-order chi connectivity index (χ0) is 9.14. The minimum Gasteiger partial charge on any atom is -0.271 e. The van der Waals surface area contributed by atoms with Crippen molar-refractivity contribution in [1.29, 1.82) is 0 Å². The van der Waals surface area contributed by atoms with Gasteiger partial charge in [0.15, 0.2) is 6.72 Å². The van der Waals surface area contributed by atoms with Gasteiger partial charge in [0.25, 0.3) is 0 Å². The summed E-state index contributed by atoms with van der Waals surface area (Å²) < 4.78 is 7.71. The largest absolute Gasteiger partial charge is 0.402 e. The van der Waals surface area contributed by atoms with Gasteiger partial charge in [-0.25, -0.2) is 9.65 Å². The van der Waals surface area contributed by atoms with Crippen LogP contribution in [0.5, 0.6) is 0 Å². The third kappa shape index (κ3) is 1.69. The normalized spacial score (nSPS) is 9.92. The number of rotatable bonds is 2. The van der Waals surface area contributed by atoms with Crippen LogP contribution in [0.15, 0.2) is 0 Å². The van der Waals surface area contributed by atoms with Gasteiger partial charge in [-0.15, -0.1) is 0 Å². The van der Waals surface area contributed by atoms with Gasteiger partial charge in [0.2, 0.25) is 5.01 Å². The van der Waals surface area contributed by atoms with E-state index in [2.05, 4.69) is 20.7 Å². The van der Waals surface area contributed by atoms with Gasteiger partial charge in [0.1, 0.15) is 5.82 Å². The maximum Gasteiger partial charge on any atom is 0.402 e. The van der Waals surface area contributed by atoms with Crippen LogP contribution in [-0.4, -0.2) is 21.9 Å². The highest BCUT2D eigenvalue weighted by Gasteiger charge is 2.14. The number of aromatic nitrogens is 2. The van der Waals surface area contributed by atoms with Crippen molar-refractivity contribution in [3.8, 4) is 0 Å². The number of hydrogen-bond acceptors (Lipinski definition) is 3. The molecule has 0 amide bonds. The molecule has 5 heteroatoms. The quantitative estimate of drug-likeness (QED) is 0.403. The van der Waals surface area contributed by atoms with Gasteiger partial charge >= 0.3 is 5.84 Å². The standard InChI is InChI=1S/C7H10N4S/c1-4(2)6-10-7(12-11-6)5(8)9-3/h4,8H,3H2,1-2H3/p+1. The second kappa shape index (κ2) is 3.47. The van der Waals surface area contributed by atoms with Gasteiger partial charge in [-0.2, -0.15) is 4.37 Å². The van der Waals surface area contributed by atoms with Crippen molar-refractivity contribution in [1.82, 2.24) is 14.0 Å². The van der Waals surface area contributed by atoms with E-state index in [-0.39, 0.29) is 0 Å². The zero-order valence-corrected chi connectivity index (χ0v) is 7.93. The zero-order valence-electron chi connectivity index (χ0n) is 7.11. The topological polar surface area (TPSA) is 65.9 Å². The summed E-state index contributed by atoms with van der Waals surface area (Å²) in [5.74, 6) is 1.48. The molecule has 1 aromatic heterocycles. The molecule has 0 bridgehead atoms. The van der Waals surface area contributed by atoms with E-state index in [9.17, 15) is 0 Å². The van der Waals surface area contributed by atoms with Gasteiger partial charge < -0.3 is 0 Å². The maximum absolute atomic E-state index is 5.50. The van der Waals surface area contributed by atoms with E-state index in [1.807, 2.05) is 13.8 Å². The summed E-state index contributed by atoms with van der Waals surface area (Å²) in [6, 6.07) is 0. The SMILES string of the molecule is C=[N+]=C(N)c1nc(C(C)C)ns1.